The zero-order valence-corrected chi connectivity index (χ0v) is 19.8. The van der Waals surface area contributed by atoms with Crippen molar-refractivity contribution in [2.24, 2.45) is 7.05 Å². The van der Waals surface area contributed by atoms with Gasteiger partial charge in [-0.05, 0) is 60.9 Å². The van der Waals surface area contributed by atoms with Crippen molar-refractivity contribution >= 4 is 20.9 Å². The standard InChI is InChI=1S/C25H24FN5O2S/c1-4-9-25(10-11-30(17-25)34(32,33)22-15-27-29(3)16-22)23-13-19-14-28-31(24(19)12-18(23)2)21-7-5-20(26)6-8-21/h1,5-8,12-16H,9-11,17H2,2-3H3. The summed E-state index contributed by atoms with van der Waals surface area (Å²) in [6, 6.07) is 10.3. The van der Waals surface area contributed by atoms with E-state index in [0.29, 0.717) is 25.9 Å². The van der Waals surface area contributed by atoms with E-state index < -0.39 is 15.4 Å². The topological polar surface area (TPSA) is 73.0 Å². The lowest BCUT2D eigenvalue weighted by atomic mass is 9.75. The Morgan fingerprint density at radius 3 is 2.62 bits per heavy atom. The Bertz CT molecular complexity index is 1530. The molecule has 4 aromatic rings. The van der Waals surface area contributed by atoms with Crippen LogP contribution in [0.5, 0.6) is 0 Å². The highest BCUT2D eigenvalue weighted by molar-refractivity contribution is 7.89. The van der Waals surface area contributed by atoms with Gasteiger partial charge in [-0.25, -0.2) is 17.5 Å². The van der Waals surface area contributed by atoms with Crippen molar-refractivity contribution in [3.8, 4) is 18.0 Å². The molecule has 174 valence electrons. The molecule has 0 radical (unpaired) electrons. The number of halogens is 1. The van der Waals surface area contributed by atoms with Gasteiger partial charge >= 0.3 is 0 Å². The van der Waals surface area contributed by atoms with Crippen molar-refractivity contribution in [1.29, 1.82) is 0 Å². The van der Waals surface area contributed by atoms with E-state index in [2.05, 4.69) is 22.2 Å². The van der Waals surface area contributed by atoms with Crippen LogP contribution in [0.25, 0.3) is 16.6 Å². The fourth-order valence-electron chi connectivity index (χ4n) is 4.91. The Kier molecular flexibility index (Phi) is 5.30. The van der Waals surface area contributed by atoms with Gasteiger partial charge in [0, 0.05) is 43.6 Å². The number of aryl methyl sites for hydroxylation is 2. The normalized spacial score (nSPS) is 19.0. The third-order valence-corrected chi connectivity index (χ3v) is 8.43. The van der Waals surface area contributed by atoms with Crippen LogP contribution in [0.4, 0.5) is 4.39 Å². The molecule has 0 N–H and O–H groups in total. The van der Waals surface area contributed by atoms with E-state index >= 15 is 0 Å². The first kappa shape index (κ1) is 22.3. The molecule has 7 nitrogen and oxygen atoms in total. The third kappa shape index (κ3) is 3.59. The maximum Gasteiger partial charge on any atom is 0.246 e. The van der Waals surface area contributed by atoms with Gasteiger partial charge in [0.05, 0.1) is 23.6 Å². The number of fused-ring (bicyclic) bond motifs is 1. The molecule has 1 atom stereocenters. The van der Waals surface area contributed by atoms with Crippen molar-refractivity contribution in [2.45, 2.75) is 30.1 Å². The van der Waals surface area contributed by atoms with Crippen LogP contribution in [0.3, 0.4) is 0 Å². The summed E-state index contributed by atoms with van der Waals surface area (Å²) in [4.78, 5) is 0.180. The van der Waals surface area contributed by atoms with Gasteiger partial charge in [-0.2, -0.15) is 14.5 Å². The first-order chi connectivity index (χ1) is 16.2. The van der Waals surface area contributed by atoms with Crippen molar-refractivity contribution in [3.05, 3.63) is 71.9 Å². The van der Waals surface area contributed by atoms with Crippen LogP contribution < -0.4 is 0 Å². The van der Waals surface area contributed by atoms with E-state index in [4.69, 9.17) is 6.42 Å². The van der Waals surface area contributed by atoms with Crippen LogP contribution >= 0.6 is 0 Å². The van der Waals surface area contributed by atoms with Gasteiger partial charge in [0.25, 0.3) is 0 Å². The fraction of sp³-hybridized carbons (Fsp3) is 0.280. The van der Waals surface area contributed by atoms with Crippen molar-refractivity contribution in [3.63, 3.8) is 0 Å². The van der Waals surface area contributed by atoms with Gasteiger partial charge in [-0.1, -0.05) is 0 Å². The minimum Gasteiger partial charge on any atom is -0.274 e. The maximum atomic E-state index is 13.4. The van der Waals surface area contributed by atoms with Gasteiger partial charge in [-0.15, -0.1) is 12.3 Å². The number of hydrogen-bond donors (Lipinski definition) is 0. The molecule has 0 bridgehead atoms. The largest absolute Gasteiger partial charge is 0.274 e. The van der Waals surface area contributed by atoms with Gasteiger partial charge in [0.1, 0.15) is 10.7 Å². The summed E-state index contributed by atoms with van der Waals surface area (Å²) in [5.74, 6) is 2.48. The Morgan fingerprint density at radius 2 is 1.94 bits per heavy atom. The smallest absolute Gasteiger partial charge is 0.246 e. The summed E-state index contributed by atoms with van der Waals surface area (Å²) < 4.78 is 44.6. The number of rotatable bonds is 5. The summed E-state index contributed by atoms with van der Waals surface area (Å²) in [7, 11) is -1.98. The second-order valence-electron chi connectivity index (χ2n) is 8.86. The third-order valence-electron chi connectivity index (χ3n) is 6.63. The molecular formula is C25H24FN5O2S. The highest BCUT2D eigenvalue weighted by Gasteiger charge is 2.44. The summed E-state index contributed by atoms with van der Waals surface area (Å²) in [6.45, 7) is 2.69. The molecule has 1 aliphatic heterocycles. The SMILES string of the molecule is C#CCC1(c2cc3cnn(-c4ccc(F)cc4)c3cc2C)CCN(S(=O)(=O)c2cnn(C)c2)C1. The van der Waals surface area contributed by atoms with Crippen LogP contribution in [-0.2, 0) is 22.5 Å². The lowest BCUT2D eigenvalue weighted by Gasteiger charge is -2.30. The zero-order chi connectivity index (χ0) is 24.1. The lowest BCUT2D eigenvalue weighted by Crippen LogP contribution is -2.34. The monoisotopic (exact) mass is 477 g/mol. The Balaban J connectivity index is 1.55. The number of terminal acetylenes is 1. The first-order valence-corrected chi connectivity index (χ1v) is 12.3. The molecule has 0 saturated carbocycles. The van der Waals surface area contributed by atoms with Crippen LogP contribution in [-0.4, -0.2) is 45.4 Å². The van der Waals surface area contributed by atoms with Gasteiger partial charge in [-0.3, -0.25) is 4.68 Å². The predicted molar refractivity (Wildman–Crippen MR) is 127 cm³/mol. The molecule has 0 spiro atoms. The van der Waals surface area contributed by atoms with Crippen LogP contribution in [0.1, 0.15) is 24.0 Å². The number of nitrogens with zero attached hydrogens (tertiary/aromatic N) is 5. The molecule has 2 aromatic heterocycles. The first-order valence-electron chi connectivity index (χ1n) is 10.9. The molecule has 1 saturated heterocycles. The van der Waals surface area contributed by atoms with Crippen molar-refractivity contribution in [1.82, 2.24) is 23.9 Å². The van der Waals surface area contributed by atoms with Gasteiger partial charge in [0.15, 0.2) is 0 Å². The minimum atomic E-state index is -3.67. The molecule has 0 amide bonds. The van der Waals surface area contributed by atoms with Crippen molar-refractivity contribution in [2.75, 3.05) is 13.1 Å². The molecule has 9 heteroatoms. The average molecular weight is 478 g/mol. The van der Waals surface area contributed by atoms with E-state index in [1.165, 1.54) is 33.5 Å². The second kappa shape index (κ2) is 8.08. The van der Waals surface area contributed by atoms with E-state index in [1.807, 2.05) is 13.0 Å². The highest BCUT2D eigenvalue weighted by atomic mass is 32.2. The summed E-state index contributed by atoms with van der Waals surface area (Å²) in [5, 5.41) is 9.43. The van der Waals surface area contributed by atoms with E-state index in [1.54, 1.807) is 30.1 Å². The quantitative estimate of drug-likeness (QED) is 0.412. The molecule has 34 heavy (non-hydrogen) atoms. The van der Waals surface area contributed by atoms with Crippen molar-refractivity contribution < 1.29 is 12.8 Å². The van der Waals surface area contributed by atoms with Crippen LogP contribution in [0.15, 0.2) is 59.9 Å². The minimum absolute atomic E-state index is 0.180. The summed E-state index contributed by atoms with van der Waals surface area (Å²) in [5.41, 5.74) is 3.19. The predicted octanol–water partition coefficient (Wildman–Crippen LogP) is 3.56. The van der Waals surface area contributed by atoms with E-state index in [9.17, 15) is 12.8 Å². The Morgan fingerprint density at radius 1 is 1.18 bits per heavy atom. The van der Waals surface area contributed by atoms with Gasteiger partial charge in [0.2, 0.25) is 10.0 Å². The second-order valence-corrected chi connectivity index (χ2v) is 10.8. The molecule has 5 rings (SSSR count). The number of hydrogen-bond acceptors (Lipinski definition) is 4. The molecule has 1 unspecified atom stereocenters. The van der Waals surface area contributed by atoms with Crippen LogP contribution in [0, 0.1) is 25.1 Å². The molecule has 1 aliphatic rings. The summed E-state index contributed by atoms with van der Waals surface area (Å²) >= 11 is 0. The molecule has 0 aliphatic carbocycles. The molecular weight excluding hydrogens is 453 g/mol. The number of benzene rings is 2. The Hall–Kier alpha value is -3.48. The lowest BCUT2D eigenvalue weighted by molar-refractivity contribution is 0.422. The number of aromatic nitrogens is 4. The summed E-state index contributed by atoms with van der Waals surface area (Å²) in [6.07, 6.45) is 11.5. The van der Waals surface area contributed by atoms with Crippen LogP contribution in [0.2, 0.25) is 0 Å². The molecule has 3 heterocycles. The fourth-order valence-corrected chi connectivity index (χ4v) is 6.43. The zero-order valence-electron chi connectivity index (χ0n) is 18.9. The van der Waals surface area contributed by atoms with Gasteiger partial charge < -0.3 is 0 Å². The van der Waals surface area contributed by atoms with E-state index in [-0.39, 0.29) is 10.7 Å². The van der Waals surface area contributed by atoms with E-state index in [0.717, 1.165) is 27.7 Å². The molecule has 2 aromatic carbocycles. The maximum absolute atomic E-state index is 13.4. The Labute approximate surface area is 197 Å². The number of sulfonamides is 1. The average Bonchev–Trinajstić information content (AvgIpc) is 3.53. The molecule has 1 fully saturated rings. The highest BCUT2D eigenvalue weighted by Crippen LogP contribution is 2.42.